The molecule has 1 amide bonds. The van der Waals surface area contributed by atoms with E-state index in [-0.39, 0.29) is 18.0 Å². The standard InChI is InChI=1S/C27H23N3O4/c1-34-27(33)21-14-11-19(12-15-21)13-16-25(31)30(17-20-7-3-2-4-8-20)18-24-28-23-10-6-5-9-22(23)26(32)29-24/h2-16H,17-18H2,1H3,(H,28,29,32)/b16-13+. The molecule has 0 bridgehead atoms. The number of para-hydroxylation sites is 1. The molecule has 0 unspecified atom stereocenters. The van der Waals surface area contributed by atoms with Gasteiger partial charge in [0.2, 0.25) is 5.91 Å². The van der Waals surface area contributed by atoms with Crippen LogP contribution in [0.2, 0.25) is 0 Å². The van der Waals surface area contributed by atoms with Crippen LogP contribution in [0, 0.1) is 0 Å². The fourth-order valence-electron chi connectivity index (χ4n) is 3.53. The number of carbonyl (C=O) groups is 2. The summed E-state index contributed by atoms with van der Waals surface area (Å²) >= 11 is 0. The molecule has 0 atom stereocenters. The van der Waals surface area contributed by atoms with Gasteiger partial charge in [-0.25, -0.2) is 9.78 Å². The van der Waals surface area contributed by atoms with Gasteiger partial charge >= 0.3 is 5.97 Å². The van der Waals surface area contributed by atoms with Crippen molar-refractivity contribution in [2.75, 3.05) is 7.11 Å². The molecule has 4 aromatic rings. The Balaban J connectivity index is 1.58. The number of methoxy groups -OCH3 is 1. The van der Waals surface area contributed by atoms with Gasteiger partial charge in [0.25, 0.3) is 5.56 Å². The van der Waals surface area contributed by atoms with E-state index >= 15 is 0 Å². The number of hydrogen-bond acceptors (Lipinski definition) is 5. The second kappa shape index (κ2) is 10.4. The van der Waals surface area contributed by atoms with Crippen LogP contribution in [-0.4, -0.2) is 33.9 Å². The molecule has 7 heteroatoms. The zero-order chi connectivity index (χ0) is 23.9. The Hall–Kier alpha value is -4.52. The maximum atomic E-state index is 13.1. The highest BCUT2D eigenvalue weighted by molar-refractivity contribution is 5.92. The van der Waals surface area contributed by atoms with Gasteiger partial charge in [-0.15, -0.1) is 0 Å². The van der Waals surface area contributed by atoms with Crippen LogP contribution in [0.25, 0.3) is 17.0 Å². The van der Waals surface area contributed by atoms with Crippen molar-refractivity contribution in [3.05, 3.63) is 118 Å². The lowest BCUT2D eigenvalue weighted by Crippen LogP contribution is -2.30. The number of ether oxygens (including phenoxy) is 1. The lowest BCUT2D eigenvalue weighted by Gasteiger charge is -2.21. The smallest absolute Gasteiger partial charge is 0.337 e. The summed E-state index contributed by atoms with van der Waals surface area (Å²) in [6, 6.07) is 23.4. The van der Waals surface area contributed by atoms with E-state index in [0.717, 1.165) is 11.1 Å². The molecule has 0 aliphatic carbocycles. The Bertz CT molecular complexity index is 1390. The topological polar surface area (TPSA) is 92.4 Å². The van der Waals surface area contributed by atoms with Gasteiger partial charge in [0.05, 0.1) is 30.1 Å². The fourth-order valence-corrected chi connectivity index (χ4v) is 3.53. The number of amides is 1. The van der Waals surface area contributed by atoms with Crippen LogP contribution < -0.4 is 5.56 Å². The SMILES string of the molecule is COC(=O)c1ccc(/C=C/C(=O)N(Cc2ccccc2)Cc2nc3ccccc3c(=O)[nH]2)cc1. The number of fused-ring (bicyclic) bond motifs is 1. The van der Waals surface area contributed by atoms with Crippen LogP contribution in [0.15, 0.2) is 89.7 Å². The third-order valence-corrected chi connectivity index (χ3v) is 5.28. The Labute approximate surface area is 196 Å². The predicted molar refractivity (Wildman–Crippen MR) is 130 cm³/mol. The van der Waals surface area contributed by atoms with E-state index in [1.54, 1.807) is 53.4 Å². The minimum Gasteiger partial charge on any atom is -0.465 e. The maximum Gasteiger partial charge on any atom is 0.337 e. The molecule has 1 aromatic heterocycles. The lowest BCUT2D eigenvalue weighted by molar-refractivity contribution is -0.127. The van der Waals surface area contributed by atoms with Crippen LogP contribution >= 0.6 is 0 Å². The Morgan fingerprint density at radius 3 is 2.38 bits per heavy atom. The van der Waals surface area contributed by atoms with Crippen molar-refractivity contribution < 1.29 is 14.3 Å². The second-order valence-electron chi connectivity index (χ2n) is 7.66. The minimum absolute atomic E-state index is 0.138. The van der Waals surface area contributed by atoms with Gasteiger partial charge in [-0.1, -0.05) is 54.6 Å². The van der Waals surface area contributed by atoms with Crippen LogP contribution in [0.5, 0.6) is 0 Å². The first-order valence-electron chi connectivity index (χ1n) is 10.7. The van der Waals surface area contributed by atoms with Crippen molar-refractivity contribution in [3.63, 3.8) is 0 Å². The first kappa shape index (κ1) is 22.7. The normalized spacial score (nSPS) is 11.0. The summed E-state index contributed by atoms with van der Waals surface area (Å²) in [5.41, 5.74) is 2.49. The van der Waals surface area contributed by atoms with Crippen LogP contribution in [-0.2, 0) is 22.6 Å². The first-order valence-corrected chi connectivity index (χ1v) is 10.7. The number of H-pyrrole nitrogens is 1. The number of aromatic nitrogens is 2. The summed E-state index contributed by atoms with van der Waals surface area (Å²) in [5.74, 6) is -0.252. The summed E-state index contributed by atoms with van der Waals surface area (Å²) in [6.07, 6.45) is 3.15. The van der Waals surface area contributed by atoms with Crippen molar-refractivity contribution in [1.29, 1.82) is 0 Å². The predicted octanol–water partition coefficient (Wildman–Crippen LogP) is 3.95. The van der Waals surface area contributed by atoms with Gasteiger partial charge in [0.15, 0.2) is 0 Å². The summed E-state index contributed by atoms with van der Waals surface area (Å²) in [4.78, 5) is 46.1. The number of hydrogen-bond donors (Lipinski definition) is 1. The zero-order valence-electron chi connectivity index (χ0n) is 18.6. The van der Waals surface area contributed by atoms with Crippen LogP contribution in [0.3, 0.4) is 0 Å². The number of esters is 1. The largest absolute Gasteiger partial charge is 0.465 e. The quantitative estimate of drug-likeness (QED) is 0.338. The third-order valence-electron chi connectivity index (χ3n) is 5.28. The summed E-state index contributed by atoms with van der Waals surface area (Å²) in [5, 5.41) is 0.502. The highest BCUT2D eigenvalue weighted by atomic mass is 16.5. The maximum absolute atomic E-state index is 13.1. The summed E-state index contributed by atoms with van der Waals surface area (Å²) in [7, 11) is 1.33. The van der Waals surface area contributed by atoms with Gasteiger partial charge in [-0.3, -0.25) is 9.59 Å². The average molecular weight is 453 g/mol. The lowest BCUT2D eigenvalue weighted by atomic mass is 10.1. The van der Waals surface area contributed by atoms with E-state index in [1.165, 1.54) is 13.2 Å². The molecule has 1 heterocycles. The number of carbonyl (C=O) groups excluding carboxylic acids is 2. The van der Waals surface area contributed by atoms with Gasteiger partial charge in [0, 0.05) is 12.6 Å². The van der Waals surface area contributed by atoms with Crippen molar-refractivity contribution >= 4 is 28.9 Å². The van der Waals surface area contributed by atoms with Crippen molar-refractivity contribution in [1.82, 2.24) is 14.9 Å². The molecular weight excluding hydrogens is 430 g/mol. The summed E-state index contributed by atoms with van der Waals surface area (Å²) < 4.78 is 4.71. The molecule has 0 saturated heterocycles. The number of nitrogens with one attached hydrogen (secondary N) is 1. The van der Waals surface area contributed by atoms with E-state index < -0.39 is 5.97 Å². The van der Waals surface area contributed by atoms with Gasteiger partial charge in [-0.2, -0.15) is 0 Å². The molecule has 0 spiro atoms. The molecule has 7 nitrogen and oxygen atoms in total. The summed E-state index contributed by atoms with van der Waals surface area (Å²) in [6.45, 7) is 0.487. The molecule has 1 N–H and O–H groups in total. The van der Waals surface area contributed by atoms with Crippen LogP contribution in [0.4, 0.5) is 0 Å². The number of benzene rings is 3. The van der Waals surface area contributed by atoms with E-state index in [2.05, 4.69) is 9.97 Å². The monoisotopic (exact) mass is 453 g/mol. The molecule has 170 valence electrons. The Kier molecular flexibility index (Phi) is 6.93. The van der Waals surface area contributed by atoms with E-state index in [9.17, 15) is 14.4 Å². The Morgan fingerprint density at radius 2 is 1.65 bits per heavy atom. The number of rotatable bonds is 7. The first-order chi connectivity index (χ1) is 16.5. The van der Waals surface area contributed by atoms with E-state index in [1.807, 2.05) is 36.4 Å². The average Bonchev–Trinajstić information content (AvgIpc) is 2.87. The van der Waals surface area contributed by atoms with E-state index in [0.29, 0.717) is 28.8 Å². The van der Waals surface area contributed by atoms with Gasteiger partial charge in [-0.05, 0) is 41.5 Å². The fraction of sp³-hybridized carbons (Fsp3) is 0.111. The molecule has 34 heavy (non-hydrogen) atoms. The van der Waals surface area contributed by atoms with Crippen molar-refractivity contribution in [2.45, 2.75) is 13.1 Å². The van der Waals surface area contributed by atoms with Crippen molar-refractivity contribution in [3.8, 4) is 0 Å². The van der Waals surface area contributed by atoms with Gasteiger partial charge < -0.3 is 14.6 Å². The third kappa shape index (κ3) is 5.45. The minimum atomic E-state index is -0.419. The highest BCUT2D eigenvalue weighted by Gasteiger charge is 2.15. The van der Waals surface area contributed by atoms with Gasteiger partial charge in [0.1, 0.15) is 5.82 Å². The second-order valence-corrected chi connectivity index (χ2v) is 7.66. The molecule has 0 fully saturated rings. The molecular formula is C27H23N3O4. The van der Waals surface area contributed by atoms with E-state index in [4.69, 9.17) is 4.74 Å². The number of aromatic amines is 1. The molecule has 0 saturated carbocycles. The Morgan fingerprint density at radius 1 is 0.941 bits per heavy atom. The molecule has 4 rings (SSSR count). The van der Waals surface area contributed by atoms with Crippen molar-refractivity contribution in [2.24, 2.45) is 0 Å². The molecule has 0 aliphatic heterocycles. The molecule has 0 radical (unpaired) electrons. The number of nitrogens with zero attached hydrogens (tertiary/aromatic N) is 2. The van der Waals surface area contributed by atoms with Crippen LogP contribution in [0.1, 0.15) is 27.3 Å². The molecule has 3 aromatic carbocycles. The molecule has 0 aliphatic rings. The zero-order valence-corrected chi connectivity index (χ0v) is 18.6. The highest BCUT2D eigenvalue weighted by Crippen LogP contribution is 2.13.